The molecule has 0 spiro atoms. The molecular formula is C19H14BrN7O. The van der Waals surface area contributed by atoms with Crippen LogP contribution in [0.15, 0.2) is 71.5 Å². The van der Waals surface area contributed by atoms with Crippen LogP contribution >= 0.6 is 15.9 Å². The fraction of sp³-hybridized carbons (Fsp3) is 0. The van der Waals surface area contributed by atoms with Crippen molar-refractivity contribution in [3.63, 3.8) is 0 Å². The molecule has 2 amide bonds. The van der Waals surface area contributed by atoms with Gasteiger partial charge in [0.2, 0.25) is 0 Å². The highest BCUT2D eigenvalue weighted by molar-refractivity contribution is 9.10. The van der Waals surface area contributed by atoms with E-state index in [1.54, 1.807) is 18.5 Å². The topological polar surface area (TPSA) is 108 Å². The third kappa shape index (κ3) is 4.04. The summed E-state index contributed by atoms with van der Waals surface area (Å²) in [4.78, 5) is 16.7. The SMILES string of the molecule is O=C(Nc1cccc(-c2cccnc2)c1)Nc1ccc(Br)cc1-c1nnn[nH]1. The molecule has 4 aromatic rings. The molecule has 28 heavy (non-hydrogen) atoms. The molecule has 4 rings (SSSR count). The summed E-state index contributed by atoms with van der Waals surface area (Å²) < 4.78 is 0.842. The number of aromatic amines is 1. The van der Waals surface area contributed by atoms with Crippen LogP contribution in [0.3, 0.4) is 0 Å². The molecule has 2 aromatic carbocycles. The zero-order valence-corrected chi connectivity index (χ0v) is 16.0. The van der Waals surface area contributed by atoms with E-state index in [0.29, 0.717) is 22.8 Å². The Labute approximate surface area is 168 Å². The van der Waals surface area contributed by atoms with Gasteiger partial charge in [0.1, 0.15) is 0 Å². The monoisotopic (exact) mass is 435 g/mol. The minimum absolute atomic E-state index is 0.376. The number of halogens is 1. The van der Waals surface area contributed by atoms with Crippen LogP contribution in [-0.2, 0) is 0 Å². The van der Waals surface area contributed by atoms with Gasteiger partial charge in [-0.05, 0) is 52.4 Å². The van der Waals surface area contributed by atoms with Gasteiger partial charge in [0.25, 0.3) is 0 Å². The Kier molecular flexibility index (Phi) is 5.07. The number of nitrogens with one attached hydrogen (secondary N) is 3. The van der Waals surface area contributed by atoms with Crippen LogP contribution in [0.4, 0.5) is 16.2 Å². The molecule has 0 unspecified atom stereocenters. The molecule has 0 radical (unpaired) electrons. The lowest BCUT2D eigenvalue weighted by Gasteiger charge is -2.12. The van der Waals surface area contributed by atoms with Crippen molar-refractivity contribution >= 4 is 33.3 Å². The third-order valence-corrected chi connectivity index (χ3v) is 4.44. The van der Waals surface area contributed by atoms with E-state index in [-0.39, 0.29) is 6.03 Å². The van der Waals surface area contributed by atoms with E-state index in [2.05, 4.69) is 52.2 Å². The Bertz CT molecular complexity index is 1100. The van der Waals surface area contributed by atoms with E-state index in [9.17, 15) is 4.79 Å². The first kappa shape index (κ1) is 17.8. The molecule has 0 saturated carbocycles. The molecule has 2 heterocycles. The van der Waals surface area contributed by atoms with Crippen molar-refractivity contribution in [2.24, 2.45) is 0 Å². The lowest BCUT2D eigenvalue weighted by molar-refractivity contribution is 0.262. The summed E-state index contributed by atoms with van der Waals surface area (Å²) in [6.45, 7) is 0. The minimum atomic E-state index is -0.376. The van der Waals surface area contributed by atoms with Crippen molar-refractivity contribution in [2.45, 2.75) is 0 Å². The van der Waals surface area contributed by atoms with Gasteiger partial charge < -0.3 is 10.6 Å². The summed E-state index contributed by atoms with van der Waals surface area (Å²) in [7, 11) is 0. The molecule has 138 valence electrons. The molecule has 0 bridgehead atoms. The maximum atomic E-state index is 12.5. The maximum absolute atomic E-state index is 12.5. The van der Waals surface area contributed by atoms with Crippen LogP contribution in [0.1, 0.15) is 0 Å². The maximum Gasteiger partial charge on any atom is 0.323 e. The van der Waals surface area contributed by atoms with Crippen molar-refractivity contribution in [2.75, 3.05) is 10.6 Å². The number of tetrazole rings is 1. The number of carbonyl (C=O) groups excluding carboxylic acids is 1. The van der Waals surface area contributed by atoms with Crippen LogP contribution in [0.2, 0.25) is 0 Å². The number of urea groups is 1. The number of nitrogens with zero attached hydrogens (tertiary/aromatic N) is 4. The number of carbonyl (C=O) groups is 1. The molecule has 0 aliphatic carbocycles. The van der Waals surface area contributed by atoms with Crippen LogP contribution in [0, 0.1) is 0 Å². The van der Waals surface area contributed by atoms with E-state index in [0.717, 1.165) is 15.6 Å². The first-order valence-electron chi connectivity index (χ1n) is 8.31. The average molecular weight is 436 g/mol. The second-order valence-corrected chi connectivity index (χ2v) is 6.76. The largest absolute Gasteiger partial charge is 0.323 e. The van der Waals surface area contributed by atoms with Gasteiger partial charge in [0.05, 0.1) is 5.69 Å². The summed E-state index contributed by atoms with van der Waals surface area (Å²) >= 11 is 3.42. The van der Waals surface area contributed by atoms with E-state index < -0.39 is 0 Å². The van der Waals surface area contributed by atoms with Gasteiger partial charge in [-0.1, -0.05) is 34.1 Å². The molecule has 9 heteroatoms. The summed E-state index contributed by atoms with van der Waals surface area (Å²) in [5.41, 5.74) is 3.84. The van der Waals surface area contributed by atoms with Crippen molar-refractivity contribution in [3.8, 4) is 22.5 Å². The van der Waals surface area contributed by atoms with Crippen molar-refractivity contribution in [1.82, 2.24) is 25.6 Å². The third-order valence-electron chi connectivity index (χ3n) is 3.95. The molecule has 2 aromatic heterocycles. The van der Waals surface area contributed by atoms with E-state index >= 15 is 0 Å². The van der Waals surface area contributed by atoms with Crippen molar-refractivity contribution in [3.05, 3.63) is 71.5 Å². The van der Waals surface area contributed by atoms with E-state index in [4.69, 9.17) is 0 Å². The van der Waals surface area contributed by atoms with Crippen molar-refractivity contribution in [1.29, 1.82) is 0 Å². The standard InChI is InChI=1S/C19H14BrN7O/c20-14-6-7-17(16(10-14)18-24-26-27-25-18)23-19(28)22-15-5-1-3-12(9-15)13-4-2-8-21-11-13/h1-11H,(H2,22,23,28)(H,24,25,26,27). The van der Waals surface area contributed by atoms with Crippen LogP contribution < -0.4 is 10.6 Å². The summed E-state index contributed by atoms with van der Waals surface area (Å²) in [5, 5.41) is 19.5. The first-order chi connectivity index (χ1) is 13.7. The summed E-state index contributed by atoms with van der Waals surface area (Å²) in [6, 6.07) is 16.4. The second kappa shape index (κ2) is 7.97. The number of benzene rings is 2. The lowest BCUT2D eigenvalue weighted by Crippen LogP contribution is -2.20. The number of rotatable bonds is 4. The van der Waals surface area contributed by atoms with Gasteiger partial charge in [-0.3, -0.25) is 4.98 Å². The van der Waals surface area contributed by atoms with Crippen LogP contribution in [0.25, 0.3) is 22.5 Å². The lowest BCUT2D eigenvalue weighted by atomic mass is 10.1. The van der Waals surface area contributed by atoms with Gasteiger partial charge in [-0.2, -0.15) is 0 Å². The van der Waals surface area contributed by atoms with Crippen LogP contribution in [0.5, 0.6) is 0 Å². The highest BCUT2D eigenvalue weighted by atomic mass is 79.9. The molecular weight excluding hydrogens is 422 g/mol. The molecule has 0 saturated heterocycles. The predicted molar refractivity (Wildman–Crippen MR) is 110 cm³/mol. The average Bonchev–Trinajstić information content (AvgIpc) is 3.25. The Hall–Kier alpha value is -3.59. The Balaban J connectivity index is 1.53. The van der Waals surface area contributed by atoms with Gasteiger partial charge >= 0.3 is 6.03 Å². The van der Waals surface area contributed by atoms with Gasteiger partial charge in [0.15, 0.2) is 5.82 Å². The minimum Gasteiger partial charge on any atom is -0.308 e. The molecule has 3 N–H and O–H groups in total. The smallest absolute Gasteiger partial charge is 0.308 e. The van der Waals surface area contributed by atoms with Crippen LogP contribution in [-0.4, -0.2) is 31.6 Å². The fourth-order valence-corrected chi connectivity index (χ4v) is 3.05. The fourth-order valence-electron chi connectivity index (χ4n) is 2.69. The van der Waals surface area contributed by atoms with Gasteiger partial charge in [-0.25, -0.2) is 9.89 Å². The second-order valence-electron chi connectivity index (χ2n) is 5.84. The number of aromatic nitrogens is 5. The molecule has 0 atom stereocenters. The Morgan fingerprint density at radius 1 is 1.00 bits per heavy atom. The number of hydrogen-bond donors (Lipinski definition) is 3. The van der Waals surface area contributed by atoms with Gasteiger partial charge in [-0.15, -0.1) is 5.10 Å². The molecule has 0 aliphatic rings. The number of anilines is 2. The van der Waals surface area contributed by atoms with E-state index in [1.807, 2.05) is 48.5 Å². The predicted octanol–water partition coefficient (Wildman–Crippen LogP) is 4.34. The number of hydrogen-bond acceptors (Lipinski definition) is 5. The highest BCUT2D eigenvalue weighted by Crippen LogP contribution is 2.28. The zero-order chi connectivity index (χ0) is 19.3. The molecule has 8 nitrogen and oxygen atoms in total. The molecule has 0 fully saturated rings. The number of H-pyrrole nitrogens is 1. The highest BCUT2D eigenvalue weighted by Gasteiger charge is 2.12. The normalized spacial score (nSPS) is 10.5. The number of pyridine rings is 1. The molecule has 0 aliphatic heterocycles. The van der Waals surface area contributed by atoms with Gasteiger partial charge in [0, 0.05) is 33.7 Å². The van der Waals surface area contributed by atoms with E-state index in [1.165, 1.54) is 0 Å². The Morgan fingerprint density at radius 3 is 2.68 bits per heavy atom. The summed E-state index contributed by atoms with van der Waals surface area (Å²) in [5.74, 6) is 0.454. The summed E-state index contributed by atoms with van der Waals surface area (Å²) in [6.07, 6.45) is 3.50. The number of amides is 2. The first-order valence-corrected chi connectivity index (χ1v) is 9.10. The Morgan fingerprint density at radius 2 is 1.89 bits per heavy atom. The zero-order valence-electron chi connectivity index (χ0n) is 14.4. The van der Waals surface area contributed by atoms with Crippen molar-refractivity contribution < 1.29 is 4.79 Å². The quantitative estimate of drug-likeness (QED) is 0.441.